The van der Waals surface area contributed by atoms with Crippen molar-refractivity contribution in [2.45, 2.75) is 39.3 Å². The zero-order valence-electron chi connectivity index (χ0n) is 9.45. The van der Waals surface area contributed by atoms with Crippen molar-refractivity contribution in [1.29, 1.82) is 0 Å². The molecule has 0 aromatic carbocycles. The van der Waals surface area contributed by atoms with E-state index in [1.54, 1.807) is 0 Å². The third-order valence-corrected chi connectivity index (χ3v) is 2.80. The quantitative estimate of drug-likeness (QED) is 0.781. The Morgan fingerprint density at radius 3 is 2.93 bits per heavy atom. The molecule has 1 aromatic heterocycles. The molecule has 1 atom stereocenters. The van der Waals surface area contributed by atoms with Gasteiger partial charge in [0.15, 0.2) is 5.82 Å². The van der Waals surface area contributed by atoms with Crippen LogP contribution >= 0.6 is 0 Å². The summed E-state index contributed by atoms with van der Waals surface area (Å²) in [5.74, 6) is 1.97. The van der Waals surface area contributed by atoms with E-state index in [0.29, 0.717) is 6.04 Å². The van der Waals surface area contributed by atoms with Crippen LogP contribution in [0.3, 0.4) is 0 Å². The van der Waals surface area contributed by atoms with Gasteiger partial charge in [-0.2, -0.15) is 0 Å². The third kappa shape index (κ3) is 1.97. The Balaban J connectivity index is 2.22. The minimum Gasteiger partial charge on any atom is -0.355 e. The molecule has 5 nitrogen and oxygen atoms in total. The van der Waals surface area contributed by atoms with Gasteiger partial charge in [0, 0.05) is 13.1 Å². The molecule has 1 unspecified atom stereocenters. The van der Waals surface area contributed by atoms with Gasteiger partial charge in [-0.1, -0.05) is 0 Å². The van der Waals surface area contributed by atoms with Crippen LogP contribution in [0.2, 0.25) is 0 Å². The minimum absolute atomic E-state index is 0.393. The number of anilines is 1. The maximum absolute atomic E-state index is 4.28. The Labute approximate surface area is 90.3 Å². The molecule has 2 N–H and O–H groups in total. The van der Waals surface area contributed by atoms with Crippen LogP contribution in [0.4, 0.5) is 5.95 Å². The van der Waals surface area contributed by atoms with Crippen molar-refractivity contribution in [2.75, 3.05) is 18.4 Å². The minimum atomic E-state index is 0.393. The molecule has 1 aromatic rings. The Kier molecular flexibility index (Phi) is 3.20. The van der Waals surface area contributed by atoms with Crippen molar-refractivity contribution in [1.82, 2.24) is 20.1 Å². The summed E-state index contributed by atoms with van der Waals surface area (Å²) in [6.07, 6.45) is 2.40. The highest BCUT2D eigenvalue weighted by molar-refractivity contribution is 5.26. The topological polar surface area (TPSA) is 54.8 Å². The fourth-order valence-electron chi connectivity index (χ4n) is 2.08. The van der Waals surface area contributed by atoms with Crippen molar-refractivity contribution in [3.63, 3.8) is 0 Å². The number of rotatable bonds is 4. The average Bonchev–Trinajstić information content (AvgIpc) is 2.85. The van der Waals surface area contributed by atoms with E-state index in [0.717, 1.165) is 31.4 Å². The molecule has 2 rings (SSSR count). The first-order valence-electron chi connectivity index (χ1n) is 5.77. The van der Waals surface area contributed by atoms with Gasteiger partial charge < -0.3 is 10.6 Å². The molecule has 15 heavy (non-hydrogen) atoms. The smallest absolute Gasteiger partial charge is 0.224 e. The second-order valence-electron chi connectivity index (χ2n) is 3.81. The monoisotopic (exact) mass is 209 g/mol. The summed E-state index contributed by atoms with van der Waals surface area (Å²) >= 11 is 0. The number of hydrogen-bond donors (Lipinski definition) is 2. The summed E-state index contributed by atoms with van der Waals surface area (Å²) in [5.41, 5.74) is 0. The molecule has 0 radical (unpaired) electrons. The molecule has 1 aliphatic heterocycles. The largest absolute Gasteiger partial charge is 0.355 e. The maximum atomic E-state index is 4.28. The SMILES string of the molecule is CCNc1nnc(C2CCCN2)n1CC. The summed E-state index contributed by atoms with van der Waals surface area (Å²) in [6, 6.07) is 0.393. The van der Waals surface area contributed by atoms with Crippen LogP contribution in [0.25, 0.3) is 0 Å². The van der Waals surface area contributed by atoms with Crippen LogP contribution < -0.4 is 10.6 Å². The van der Waals surface area contributed by atoms with Crippen molar-refractivity contribution in [3.8, 4) is 0 Å². The van der Waals surface area contributed by atoms with Crippen molar-refractivity contribution < 1.29 is 0 Å². The summed E-state index contributed by atoms with van der Waals surface area (Å²) in [5, 5.41) is 15.1. The molecule has 5 heteroatoms. The second-order valence-corrected chi connectivity index (χ2v) is 3.81. The van der Waals surface area contributed by atoms with Crippen LogP contribution in [0.15, 0.2) is 0 Å². The Bertz CT molecular complexity index is 314. The number of aromatic nitrogens is 3. The van der Waals surface area contributed by atoms with Gasteiger partial charge in [0.05, 0.1) is 6.04 Å². The Hall–Kier alpha value is -1.10. The number of nitrogens with one attached hydrogen (secondary N) is 2. The van der Waals surface area contributed by atoms with E-state index >= 15 is 0 Å². The van der Waals surface area contributed by atoms with Gasteiger partial charge in [0.25, 0.3) is 0 Å². The maximum Gasteiger partial charge on any atom is 0.224 e. The summed E-state index contributed by atoms with van der Waals surface area (Å²) < 4.78 is 2.16. The first-order valence-corrected chi connectivity index (χ1v) is 5.77. The van der Waals surface area contributed by atoms with Gasteiger partial charge in [-0.05, 0) is 33.2 Å². The molecule has 1 saturated heterocycles. The zero-order valence-corrected chi connectivity index (χ0v) is 9.45. The van der Waals surface area contributed by atoms with Gasteiger partial charge in [0.2, 0.25) is 5.95 Å². The highest BCUT2D eigenvalue weighted by atomic mass is 15.4. The lowest BCUT2D eigenvalue weighted by molar-refractivity contribution is 0.559. The van der Waals surface area contributed by atoms with Gasteiger partial charge >= 0.3 is 0 Å². The summed E-state index contributed by atoms with van der Waals surface area (Å²) in [4.78, 5) is 0. The lowest BCUT2D eigenvalue weighted by Crippen LogP contribution is -2.18. The van der Waals surface area contributed by atoms with Crippen LogP contribution in [-0.4, -0.2) is 27.9 Å². The zero-order chi connectivity index (χ0) is 10.7. The predicted molar refractivity (Wildman–Crippen MR) is 59.8 cm³/mol. The first kappa shape index (κ1) is 10.4. The lowest BCUT2D eigenvalue weighted by Gasteiger charge is -2.12. The molecule has 84 valence electrons. The number of nitrogens with zero attached hydrogens (tertiary/aromatic N) is 3. The molecule has 0 spiro atoms. The molecule has 0 saturated carbocycles. The van der Waals surface area contributed by atoms with E-state index < -0.39 is 0 Å². The van der Waals surface area contributed by atoms with E-state index in [-0.39, 0.29) is 0 Å². The molecule has 1 aliphatic rings. The van der Waals surface area contributed by atoms with Gasteiger partial charge in [-0.3, -0.25) is 4.57 Å². The van der Waals surface area contributed by atoms with E-state index in [1.165, 1.54) is 12.8 Å². The van der Waals surface area contributed by atoms with E-state index in [9.17, 15) is 0 Å². The molecular formula is C10H19N5. The number of hydrogen-bond acceptors (Lipinski definition) is 4. The molecule has 0 bridgehead atoms. The van der Waals surface area contributed by atoms with E-state index in [1.807, 2.05) is 0 Å². The van der Waals surface area contributed by atoms with Crippen LogP contribution in [0.5, 0.6) is 0 Å². The standard InChI is InChI=1S/C10H19N5/c1-3-11-10-14-13-9(15(10)4-2)8-6-5-7-12-8/h8,12H,3-7H2,1-2H3,(H,11,14). The Morgan fingerprint density at radius 2 is 2.33 bits per heavy atom. The van der Waals surface area contributed by atoms with Crippen LogP contribution in [-0.2, 0) is 6.54 Å². The van der Waals surface area contributed by atoms with Crippen LogP contribution in [0, 0.1) is 0 Å². The fraction of sp³-hybridized carbons (Fsp3) is 0.800. The highest BCUT2D eigenvalue weighted by Crippen LogP contribution is 2.23. The first-order chi connectivity index (χ1) is 7.36. The van der Waals surface area contributed by atoms with Gasteiger partial charge in [-0.15, -0.1) is 10.2 Å². The molecule has 2 heterocycles. The lowest BCUT2D eigenvalue weighted by atomic mass is 10.2. The Morgan fingerprint density at radius 1 is 1.47 bits per heavy atom. The normalized spacial score (nSPS) is 20.8. The van der Waals surface area contributed by atoms with Crippen molar-refractivity contribution >= 4 is 5.95 Å². The van der Waals surface area contributed by atoms with E-state index in [2.05, 4.69) is 39.2 Å². The fourth-order valence-corrected chi connectivity index (χ4v) is 2.08. The second kappa shape index (κ2) is 4.61. The summed E-state index contributed by atoms with van der Waals surface area (Å²) in [6.45, 7) is 7.10. The highest BCUT2D eigenvalue weighted by Gasteiger charge is 2.22. The molecule has 0 amide bonds. The average molecular weight is 209 g/mol. The predicted octanol–water partition coefficient (Wildman–Crippen LogP) is 1.15. The molecule has 1 fully saturated rings. The van der Waals surface area contributed by atoms with E-state index in [4.69, 9.17) is 0 Å². The van der Waals surface area contributed by atoms with Crippen LogP contribution in [0.1, 0.15) is 38.6 Å². The third-order valence-electron chi connectivity index (χ3n) is 2.80. The molecular weight excluding hydrogens is 190 g/mol. The van der Waals surface area contributed by atoms with Crippen molar-refractivity contribution in [3.05, 3.63) is 5.82 Å². The molecule has 0 aliphatic carbocycles. The van der Waals surface area contributed by atoms with Crippen molar-refractivity contribution in [2.24, 2.45) is 0 Å². The summed E-state index contributed by atoms with van der Waals surface area (Å²) in [7, 11) is 0. The van der Waals surface area contributed by atoms with Gasteiger partial charge in [-0.25, -0.2) is 0 Å². The van der Waals surface area contributed by atoms with Gasteiger partial charge in [0.1, 0.15) is 0 Å².